The molecule has 3 atom stereocenters. The van der Waals surface area contributed by atoms with Gasteiger partial charge in [0.1, 0.15) is 17.1 Å². The van der Waals surface area contributed by atoms with Crippen molar-refractivity contribution in [1.82, 2.24) is 25.1 Å². The van der Waals surface area contributed by atoms with Crippen LogP contribution in [0.5, 0.6) is 6.01 Å². The molecule has 3 aromatic rings. The molecule has 3 unspecified atom stereocenters. The van der Waals surface area contributed by atoms with Crippen molar-refractivity contribution in [3.63, 3.8) is 0 Å². The number of halogens is 3. The van der Waals surface area contributed by atoms with E-state index < -0.39 is 11.9 Å². The van der Waals surface area contributed by atoms with Gasteiger partial charge in [-0.1, -0.05) is 18.0 Å². The molecule has 7 rings (SSSR count). The van der Waals surface area contributed by atoms with E-state index in [0.717, 1.165) is 82.2 Å². The second-order valence-electron chi connectivity index (χ2n) is 14.0. The molecule has 0 radical (unpaired) electrons. The van der Waals surface area contributed by atoms with Crippen LogP contribution in [0.1, 0.15) is 80.2 Å². The maximum absolute atomic E-state index is 17.0. The molecule has 3 aliphatic heterocycles. The van der Waals surface area contributed by atoms with E-state index in [1.54, 1.807) is 13.2 Å². The normalized spacial score (nSPS) is 25.1. The molecule has 4 fully saturated rings. The van der Waals surface area contributed by atoms with Crippen molar-refractivity contribution in [2.75, 3.05) is 65.7 Å². The summed E-state index contributed by atoms with van der Waals surface area (Å²) in [4.78, 5) is 18.7. The number of β-amino-alcohol motifs (C(OH)–C–C–N with tert-alkyl or cyclic N) is 1. The number of methoxy groups -OCH3 is 1. The SMILES string of the molecule is CF.CN=C(OC)c1c(/C(F)=C/c2c(Cl)c(C)cc3[nH]ncc23)nc(OCC23CCCC2N(C2CCOCC2)CCC3)nc1N1CCCC(O)C1. The van der Waals surface area contributed by atoms with Crippen LogP contribution in [-0.2, 0) is 9.47 Å². The van der Waals surface area contributed by atoms with Gasteiger partial charge in [-0.3, -0.25) is 19.4 Å². The van der Waals surface area contributed by atoms with E-state index in [-0.39, 0.29) is 23.0 Å². The van der Waals surface area contributed by atoms with E-state index in [9.17, 15) is 9.50 Å². The molecule has 14 heteroatoms. The summed E-state index contributed by atoms with van der Waals surface area (Å²) in [6.07, 6.45) is 11.6. The number of piperidine rings is 2. The predicted octanol–water partition coefficient (Wildman–Crippen LogP) is 6.54. The van der Waals surface area contributed by atoms with Crippen molar-refractivity contribution >= 4 is 46.1 Å². The number of nitrogens with one attached hydrogen (secondary N) is 1. The summed E-state index contributed by atoms with van der Waals surface area (Å²) in [5.74, 6) is -0.0474. The van der Waals surface area contributed by atoms with Crippen LogP contribution in [0.2, 0.25) is 5.02 Å². The average Bonchev–Trinajstić information content (AvgIpc) is 3.82. The molecule has 0 amide bonds. The highest BCUT2D eigenvalue weighted by Gasteiger charge is 2.50. The molecule has 11 nitrogen and oxygen atoms in total. The molecule has 5 heterocycles. The fraction of sp³-hybridized carbons (Fsp3) is 0.622. The first kappa shape index (κ1) is 37.4. The van der Waals surface area contributed by atoms with Crippen molar-refractivity contribution in [3.8, 4) is 6.01 Å². The average molecular weight is 730 g/mol. The number of hydrogen-bond acceptors (Lipinski definition) is 10. The van der Waals surface area contributed by atoms with Crippen LogP contribution in [0.4, 0.5) is 14.6 Å². The van der Waals surface area contributed by atoms with Crippen molar-refractivity contribution in [1.29, 1.82) is 0 Å². The van der Waals surface area contributed by atoms with Gasteiger partial charge in [-0.2, -0.15) is 15.1 Å². The highest BCUT2D eigenvalue weighted by Crippen LogP contribution is 2.49. The first-order valence-electron chi connectivity index (χ1n) is 18.0. The topological polar surface area (TPSA) is 121 Å². The van der Waals surface area contributed by atoms with Gasteiger partial charge >= 0.3 is 6.01 Å². The molecule has 2 N–H and O–H groups in total. The molecule has 278 valence electrons. The summed E-state index contributed by atoms with van der Waals surface area (Å²) >= 11 is 6.77. The summed E-state index contributed by atoms with van der Waals surface area (Å²) in [6, 6.07) is 2.94. The van der Waals surface area contributed by atoms with Gasteiger partial charge in [-0.15, -0.1) is 0 Å². The Hall–Kier alpha value is -3.39. The van der Waals surface area contributed by atoms with E-state index in [0.29, 0.717) is 72.7 Å². The van der Waals surface area contributed by atoms with Crippen LogP contribution in [-0.4, -0.2) is 115 Å². The Balaban J connectivity index is 0.00000220. The van der Waals surface area contributed by atoms with Gasteiger partial charge in [0.25, 0.3) is 0 Å². The number of benzene rings is 1. The van der Waals surface area contributed by atoms with E-state index in [1.165, 1.54) is 13.2 Å². The Bertz CT molecular complexity index is 1730. The number of fused-ring (bicyclic) bond motifs is 2. The Labute approximate surface area is 303 Å². The van der Waals surface area contributed by atoms with E-state index in [1.807, 2.05) is 17.9 Å². The Morgan fingerprint density at radius 3 is 2.69 bits per heavy atom. The van der Waals surface area contributed by atoms with Gasteiger partial charge in [-0.05, 0) is 82.5 Å². The molecular formula is C37H50ClF2N7O4. The molecule has 1 saturated carbocycles. The predicted molar refractivity (Wildman–Crippen MR) is 196 cm³/mol. The van der Waals surface area contributed by atoms with Crippen molar-refractivity contribution in [3.05, 3.63) is 39.7 Å². The first-order valence-corrected chi connectivity index (χ1v) is 18.4. The van der Waals surface area contributed by atoms with Crippen LogP contribution >= 0.6 is 11.6 Å². The minimum Gasteiger partial charge on any atom is -0.481 e. The minimum absolute atomic E-state index is 0.00956. The number of hydrogen-bond donors (Lipinski definition) is 2. The summed E-state index contributed by atoms with van der Waals surface area (Å²) < 4.78 is 44.5. The summed E-state index contributed by atoms with van der Waals surface area (Å²) in [5.41, 5.74) is 2.28. The van der Waals surface area contributed by atoms with Crippen LogP contribution < -0.4 is 9.64 Å². The molecule has 2 aromatic heterocycles. The molecule has 0 spiro atoms. The van der Waals surface area contributed by atoms with Crippen molar-refractivity contribution in [2.24, 2.45) is 10.4 Å². The van der Waals surface area contributed by atoms with E-state index >= 15 is 4.39 Å². The third kappa shape index (κ3) is 7.58. The largest absolute Gasteiger partial charge is 0.481 e. The van der Waals surface area contributed by atoms with Gasteiger partial charge < -0.3 is 24.2 Å². The van der Waals surface area contributed by atoms with Crippen molar-refractivity contribution in [2.45, 2.75) is 82.9 Å². The highest BCUT2D eigenvalue weighted by atomic mass is 35.5. The molecule has 3 saturated heterocycles. The lowest BCUT2D eigenvalue weighted by molar-refractivity contribution is -0.0512. The number of H-pyrrole nitrogens is 1. The molecule has 0 bridgehead atoms. The second kappa shape index (κ2) is 16.5. The number of likely N-dealkylation sites (tertiary alicyclic amines) is 1. The van der Waals surface area contributed by atoms with Gasteiger partial charge in [0.2, 0.25) is 5.90 Å². The Morgan fingerprint density at radius 1 is 1.16 bits per heavy atom. The quantitative estimate of drug-likeness (QED) is 0.197. The number of alkyl halides is 1. The fourth-order valence-corrected chi connectivity index (χ4v) is 8.92. The number of anilines is 1. The van der Waals surface area contributed by atoms with Gasteiger partial charge in [-0.25, -0.2) is 4.39 Å². The third-order valence-electron chi connectivity index (χ3n) is 11.1. The van der Waals surface area contributed by atoms with Crippen molar-refractivity contribution < 1.29 is 28.1 Å². The smallest absolute Gasteiger partial charge is 0.319 e. The first-order chi connectivity index (χ1) is 24.8. The minimum atomic E-state index is -0.644. The van der Waals surface area contributed by atoms with Gasteiger partial charge in [0.15, 0.2) is 5.83 Å². The van der Waals surface area contributed by atoms with Gasteiger partial charge in [0, 0.05) is 61.8 Å². The zero-order valence-electron chi connectivity index (χ0n) is 30.1. The standard InChI is InChI=1S/C36H47ClFN7O4.CH3F/c1-22-17-28-26(19-40-43-28)25(31(22)37)18-27(38)32-30(34(39-2)47-3)33(44-13-5-7-24(46)20-44)42-35(41-32)49-21-36-11-4-8-29(36)45(14-6-12-36)23-9-15-48-16-10-23;1-2/h17-19,23-24,29,46H,4-16,20-21H2,1-3H3,(H,40,43);1H3/b27-18-,39-34?;. The summed E-state index contributed by atoms with van der Waals surface area (Å²) in [6.45, 7) is 6.01. The Kier molecular flexibility index (Phi) is 12.1. The number of ether oxygens (including phenoxy) is 3. The zero-order valence-corrected chi connectivity index (χ0v) is 30.8. The number of aliphatic hydroxyl groups excluding tert-OH is 1. The molecule has 1 aliphatic carbocycles. The molecule has 51 heavy (non-hydrogen) atoms. The number of aromatic amines is 1. The maximum atomic E-state index is 17.0. The number of aromatic nitrogens is 4. The molecule has 4 aliphatic rings. The summed E-state index contributed by atoms with van der Waals surface area (Å²) in [5, 5.41) is 18.9. The number of aryl methyl sites for hydroxylation is 1. The van der Waals surface area contributed by atoms with Crippen LogP contribution in [0.15, 0.2) is 17.3 Å². The lowest BCUT2D eigenvalue weighted by Gasteiger charge is -2.50. The second-order valence-corrected chi connectivity index (χ2v) is 14.4. The third-order valence-corrected chi connectivity index (χ3v) is 11.6. The highest BCUT2D eigenvalue weighted by molar-refractivity contribution is 6.34. The van der Waals surface area contributed by atoms with Crippen LogP contribution in [0.3, 0.4) is 0 Å². The summed E-state index contributed by atoms with van der Waals surface area (Å²) in [7, 11) is 3.58. The van der Waals surface area contributed by atoms with Crippen LogP contribution in [0, 0.1) is 12.3 Å². The monoisotopic (exact) mass is 729 g/mol. The number of aliphatic hydroxyl groups is 1. The lowest BCUT2D eigenvalue weighted by Crippen LogP contribution is -2.56. The zero-order chi connectivity index (χ0) is 36.1. The maximum Gasteiger partial charge on any atom is 0.319 e. The Morgan fingerprint density at radius 2 is 1.94 bits per heavy atom. The van der Waals surface area contributed by atoms with E-state index in [2.05, 4.69) is 20.1 Å². The number of nitrogens with zero attached hydrogens (tertiary/aromatic N) is 6. The van der Waals surface area contributed by atoms with Gasteiger partial charge in [0.05, 0.1) is 43.7 Å². The molecular weight excluding hydrogens is 680 g/mol. The van der Waals surface area contributed by atoms with E-state index in [4.69, 9.17) is 35.8 Å². The lowest BCUT2D eigenvalue weighted by atomic mass is 9.74. The molecule has 1 aromatic carbocycles. The fourth-order valence-electron chi connectivity index (χ4n) is 8.71. The van der Waals surface area contributed by atoms with Crippen LogP contribution in [0.25, 0.3) is 22.8 Å². The number of aliphatic imine (C=N–C) groups is 1. The number of rotatable bonds is 8.